The zero-order valence-electron chi connectivity index (χ0n) is 11.8. The molecule has 2 fully saturated rings. The zero-order chi connectivity index (χ0) is 14.0. The van der Waals surface area contributed by atoms with Gasteiger partial charge in [0.25, 0.3) is 0 Å². The van der Waals surface area contributed by atoms with Gasteiger partial charge in [-0.25, -0.2) is 4.79 Å². The molecule has 19 heavy (non-hydrogen) atoms. The molecule has 2 unspecified atom stereocenters. The number of amides is 2. The van der Waals surface area contributed by atoms with Crippen LogP contribution in [0.4, 0.5) is 4.79 Å². The lowest BCUT2D eigenvalue weighted by atomic mass is 9.93. The van der Waals surface area contributed by atoms with Gasteiger partial charge in [-0.2, -0.15) is 0 Å². The van der Waals surface area contributed by atoms with Crippen LogP contribution in [0, 0.1) is 5.92 Å². The third kappa shape index (κ3) is 3.59. The molecule has 108 valence electrons. The molecule has 6 heteroatoms. The van der Waals surface area contributed by atoms with Gasteiger partial charge in [0.15, 0.2) is 0 Å². The van der Waals surface area contributed by atoms with E-state index in [0.717, 1.165) is 0 Å². The number of likely N-dealkylation sites (tertiary alicyclic amines) is 1. The first-order valence-electron chi connectivity index (χ1n) is 6.74. The molecule has 2 aliphatic rings. The molecular weight excluding hydrogens is 248 g/mol. The predicted octanol–water partition coefficient (Wildman–Crippen LogP) is 0.758. The molecule has 0 saturated carbocycles. The van der Waals surface area contributed by atoms with Gasteiger partial charge in [-0.3, -0.25) is 4.79 Å². The second kappa shape index (κ2) is 5.36. The molecule has 6 nitrogen and oxygen atoms in total. The maximum atomic E-state index is 12.0. The van der Waals surface area contributed by atoms with Crippen molar-refractivity contribution in [2.24, 2.45) is 5.92 Å². The SMILES string of the molecule is CC(C)(C)OC(=O)N1CCC2C(=O)NCCOC2C1. The van der Waals surface area contributed by atoms with Gasteiger partial charge < -0.3 is 19.7 Å². The summed E-state index contributed by atoms with van der Waals surface area (Å²) in [6, 6.07) is 0. The van der Waals surface area contributed by atoms with Crippen LogP contribution in [0.2, 0.25) is 0 Å². The Bertz CT molecular complexity index is 364. The van der Waals surface area contributed by atoms with E-state index in [-0.39, 0.29) is 24.0 Å². The first-order valence-corrected chi connectivity index (χ1v) is 6.74. The minimum absolute atomic E-state index is 0.0336. The predicted molar refractivity (Wildman–Crippen MR) is 68.7 cm³/mol. The smallest absolute Gasteiger partial charge is 0.410 e. The van der Waals surface area contributed by atoms with E-state index >= 15 is 0 Å². The van der Waals surface area contributed by atoms with E-state index in [1.54, 1.807) is 4.90 Å². The highest BCUT2D eigenvalue weighted by atomic mass is 16.6. The number of ether oxygens (including phenoxy) is 2. The van der Waals surface area contributed by atoms with Crippen molar-refractivity contribution in [3.05, 3.63) is 0 Å². The van der Waals surface area contributed by atoms with Crippen molar-refractivity contribution < 1.29 is 19.1 Å². The van der Waals surface area contributed by atoms with E-state index in [9.17, 15) is 9.59 Å². The van der Waals surface area contributed by atoms with E-state index in [0.29, 0.717) is 32.7 Å². The van der Waals surface area contributed by atoms with Gasteiger partial charge in [-0.15, -0.1) is 0 Å². The quantitative estimate of drug-likeness (QED) is 0.705. The summed E-state index contributed by atoms with van der Waals surface area (Å²) in [6.45, 7) is 7.51. The molecule has 2 rings (SSSR count). The van der Waals surface area contributed by atoms with E-state index < -0.39 is 5.60 Å². The van der Waals surface area contributed by atoms with Gasteiger partial charge >= 0.3 is 6.09 Å². The van der Waals surface area contributed by atoms with Crippen LogP contribution in [-0.4, -0.2) is 54.8 Å². The van der Waals surface area contributed by atoms with Gasteiger partial charge in [-0.05, 0) is 27.2 Å². The van der Waals surface area contributed by atoms with Crippen LogP contribution < -0.4 is 5.32 Å². The number of nitrogens with one attached hydrogen (secondary N) is 1. The number of carbonyl (C=O) groups is 2. The summed E-state index contributed by atoms with van der Waals surface area (Å²) in [6.07, 6.45) is 0.0680. The van der Waals surface area contributed by atoms with Crippen molar-refractivity contribution in [2.45, 2.75) is 38.9 Å². The Morgan fingerprint density at radius 2 is 2.21 bits per heavy atom. The minimum Gasteiger partial charge on any atom is -0.444 e. The molecule has 0 bridgehead atoms. The van der Waals surface area contributed by atoms with Gasteiger partial charge in [-0.1, -0.05) is 0 Å². The lowest BCUT2D eigenvalue weighted by Crippen LogP contribution is -2.51. The van der Waals surface area contributed by atoms with Gasteiger partial charge in [0.05, 0.1) is 25.2 Å². The van der Waals surface area contributed by atoms with Crippen molar-refractivity contribution in [1.82, 2.24) is 10.2 Å². The van der Waals surface area contributed by atoms with Crippen molar-refractivity contribution in [1.29, 1.82) is 0 Å². The molecule has 0 aromatic carbocycles. The van der Waals surface area contributed by atoms with Crippen molar-refractivity contribution in [2.75, 3.05) is 26.2 Å². The standard InChI is InChI=1S/C13H22N2O4/c1-13(2,3)19-12(17)15-6-4-9-10(8-15)18-7-5-14-11(9)16/h9-10H,4-8H2,1-3H3,(H,14,16). The Balaban J connectivity index is 1.97. The summed E-state index contributed by atoms with van der Waals surface area (Å²) < 4.78 is 11.0. The molecule has 0 radical (unpaired) electrons. The largest absolute Gasteiger partial charge is 0.444 e. The molecular formula is C13H22N2O4. The van der Waals surface area contributed by atoms with E-state index in [4.69, 9.17) is 9.47 Å². The van der Waals surface area contributed by atoms with Crippen LogP contribution in [0.1, 0.15) is 27.2 Å². The Kier molecular flexibility index (Phi) is 3.99. The highest BCUT2D eigenvalue weighted by molar-refractivity contribution is 5.80. The summed E-state index contributed by atoms with van der Waals surface area (Å²) in [5, 5.41) is 2.83. The van der Waals surface area contributed by atoms with E-state index in [2.05, 4.69) is 5.32 Å². The maximum absolute atomic E-state index is 12.0. The first-order chi connectivity index (χ1) is 8.87. The summed E-state index contributed by atoms with van der Waals surface area (Å²) >= 11 is 0. The average molecular weight is 270 g/mol. The lowest BCUT2D eigenvalue weighted by Gasteiger charge is -2.36. The van der Waals surface area contributed by atoms with Gasteiger partial charge in [0, 0.05) is 13.1 Å². The van der Waals surface area contributed by atoms with Crippen molar-refractivity contribution >= 4 is 12.0 Å². The number of rotatable bonds is 0. The fraction of sp³-hybridized carbons (Fsp3) is 0.846. The van der Waals surface area contributed by atoms with E-state index in [1.807, 2.05) is 20.8 Å². The maximum Gasteiger partial charge on any atom is 0.410 e. The number of carbonyl (C=O) groups excluding carboxylic acids is 2. The fourth-order valence-corrected chi connectivity index (χ4v) is 2.39. The van der Waals surface area contributed by atoms with Crippen LogP contribution >= 0.6 is 0 Å². The number of fused-ring (bicyclic) bond motifs is 1. The third-order valence-electron chi connectivity index (χ3n) is 3.28. The van der Waals surface area contributed by atoms with Crippen LogP contribution in [0.5, 0.6) is 0 Å². The minimum atomic E-state index is -0.504. The Morgan fingerprint density at radius 1 is 1.47 bits per heavy atom. The molecule has 0 spiro atoms. The molecule has 2 saturated heterocycles. The van der Waals surface area contributed by atoms with Crippen molar-refractivity contribution in [3.63, 3.8) is 0 Å². The summed E-state index contributed by atoms with van der Waals surface area (Å²) in [7, 11) is 0. The van der Waals surface area contributed by atoms with Crippen LogP contribution in [0.15, 0.2) is 0 Å². The normalized spacial score (nSPS) is 28.2. The number of hydrogen-bond donors (Lipinski definition) is 1. The second-order valence-corrected chi connectivity index (χ2v) is 6.02. The lowest BCUT2D eigenvalue weighted by molar-refractivity contribution is -0.130. The van der Waals surface area contributed by atoms with Crippen LogP contribution in [-0.2, 0) is 14.3 Å². The molecule has 0 aliphatic carbocycles. The summed E-state index contributed by atoms with van der Waals surface area (Å²) in [4.78, 5) is 25.5. The second-order valence-electron chi connectivity index (χ2n) is 6.02. The Labute approximate surface area is 113 Å². The zero-order valence-corrected chi connectivity index (χ0v) is 11.8. The van der Waals surface area contributed by atoms with Gasteiger partial charge in [0.2, 0.25) is 5.91 Å². The molecule has 0 aromatic rings. The number of hydrogen-bond acceptors (Lipinski definition) is 4. The Morgan fingerprint density at radius 3 is 2.89 bits per heavy atom. The van der Waals surface area contributed by atoms with Crippen LogP contribution in [0.3, 0.4) is 0 Å². The Hall–Kier alpha value is -1.30. The fourth-order valence-electron chi connectivity index (χ4n) is 2.39. The van der Waals surface area contributed by atoms with Crippen molar-refractivity contribution in [3.8, 4) is 0 Å². The number of piperidine rings is 1. The molecule has 2 aliphatic heterocycles. The first kappa shape index (κ1) is 14.1. The summed E-state index contributed by atoms with van der Waals surface area (Å²) in [5.74, 6) is -0.118. The van der Waals surface area contributed by atoms with E-state index in [1.165, 1.54) is 0 Å². The average Bonchev–Trinajstić information content (AvgIpc) is 2.49. The molecule has 0 aromatic heterocycles. The van der Waals surface area contributed by atoms with Crippen LogP contribution in [0.25, 0.3) is 0 Å². The molecule has 1 N–H and O–H groups in total. The highest BCUT2D eigenvalue weighted by Gasteiger charge is 2.38. The highest BCUT2D eigenvalue weighted by Crippen LogP contribution is 2.23. The topological polar surface area (TPSA) is 67.9 Å². The molecule has 2 atom stereocenters. The third-order valence-corrected chi connectivity index (χ3v) is 3.28. The molecule has 2 heterocycles. The van der Waals surface area contributed by atoms with Gasteiger partial charge in [0.1, 0.15) is 5.60 Å². The monoisotopic (exact) mass is 270 g/mol. The number of nitrogens with zero attached hydrogens (tertiary/aromatic N) is 1. The summed E-state index contributed by atoms with van der Waals surface area (Å²) in [5.41, 5.74) is -0.504. The molecule has 2 amide bonds.